The van der Waals surface area contributed by atoms with Crippen LogP contribution in [0.15, 0.2) is 24.4 Å². The second kappa shape index (κ2) is 9.13. The van der Waals surface area contributed by atoms with Crippen LogP contribution in [0.1, 0.15) is 5.56 Å². The predicted molar refractivity (Wildman–Crippen MR) is 104 cm³/mol. The Balaban J connectivity index is 2.06. The molecule has 27 heavy (non-hydrogen) atoms. The highest BCUT2D eigenvalue weighted by atomic mass is 35.5. The van der Waals surface area contributed by atoms with Gasteiger partial charge in [-0.25, -0.2) is 18.1 Å². The van der Waals surface area contributed by atoms with Gasteiger partial charge in [0.15, 0.2) is 0 Å². The molecule has 0 spiro atoms. The zero-order valence-corrected chi connectivity index (χ0v) is 16.4. The van der Waals surface area contributed by atoms with Gasteiger partial charge in [-0.15, -0.1) is 0 Å². The molecule has 13 heteroatoms. The molecule has 2 rings (SSSR count). The minimum absolute atomic E-state index is 0.0260. The van der Waals surface area contributed by atoms with Crippen LogP contribution in [0.5, 0.6) is 0 Å². The summed E-state index contributed by atoms with van der Waals surface area (Å²) in [5, 5.41) is 17.6. The topological polar surface area (TPSA) is 139 Å². The molecule has 0 fully saturated rings. The minimum Gasteiger partial charge on any atom is -0.363 e. The number of nitrogens with one attached hydrogen (secondary N) is 3. The first kappa shape index (κ1) is 21.1. The molecule has 10 nitrogen and oxygen atoms in total. The number of nitrogens with zero attached hydrogens (tertiary/aromatic N) is 3. The quantitative estimate of drug-likeness (QED) is 0.310. The Morgan fingerprint density at radius 2 is 1.93 bits per heavy atom. The SMILES string of the molecule is CS(=O)(=O)NCCNc1nc(NCc2ccc(Cl)c(Cl)c2)ncc1[N+](=O)[O-]. The van der Waals surface area contributed by atoms with E-state index in [4.69, 9.17) is 23.2 Å². The fourth-order valence-electron chi connectivity index (χ4n) is 1.97. The Morgan fingerprint density at radius 3 is 2.56 bits per heavy atom. The Bertz CT molecular complexity index is 941. The average molecular weight is 435 g/mol. The highest BCUT2D eigenvalue weighted by Gasteiger charge is 2.17. The van der Waals surface area contributed by atoms with Crippen molar-refractivity contribution in [2.24, 2.45) is 0 Å². The largest absolute Gasteiger partial charge is 0.363 e. The minimum atomic E-state index is -3.35. The predicted octanol–water partition coefficient (Wildman–Crippen LogP) is 2.26. The maximum atomic E-state index is 11.1. The zero-order valence-electron chi connectivity index (χ0n) is 14.1. The van der Waals surface area contributed by atoms with Crippen LogP contribution in [0.4, 0.5) is 17.5 Å². The number of hydrogen-bond acceptors (Lipinski definition) is 8. The number of benzene rings is 1. The second-order valence-corrected chi connectivity index (χ2v) is 8.03. The van der Waals surface area contributed by atoms with Gasteiger partial charge in [0.2, 0.25) is 21.8 Å². The fourth-order valence-corrected chi connectivity index (χ4v) is 2.77. The van der Waals surface area contributed by atoms with Gasteiger partial charge in [-0.1, -0.05) is 29.3 Å². The molecule has 3 N–H and O–H groups in total. The third kappa shape index (κ3) is 6.79. The Kier molecular flexibility index (Phi) is 7.13. The van der Waals surface area contributed by atoms with E-state index in [2.05, 4.69) is 25.3 Å². The van der Waals surface area contributed by atoms with Crippen LogP contribution >= 0.6 is 23.2 Å². The molecule has 1 heterocycles. The van der Waals surface area contributed by atoms with Gasteiger partial charge in [0.25, 0.3) is 0 Å². The number of halogens is 2. The molecule has 0 aliphatic rings. The molecule has 1 aromatic heterocycles. The lowest BCUT2D eigenvalue weighted by Crippen LogP contribution is -2.28. The highest BCUT2D eigenvalue weighted by molar-refractivity contribution is 7.88. The maximum absolute atomic E-state index is 11.1. The van der Waals surface area contributed by atoms with Crippen molar-refractivity contribution in [2.45, 2.75) is 6.54 Å². The van der Waals surface area contributed by atoms with Crippen molar-refractivity contribution in [3.63, 3.8) is 0 Å². The molecule has 0 saturated carbocycles. The summed E-state index contributed by atoms with van der Waals surface area (Å²) >= 11 is 11.8. The number of rotatable bonds is 9. The van der Waals surface area contributed by atoms with Gasteiger partial charge in [-0.3, -0.25) is 10.1 Å². The van der Waals surface area contributed by atoms with Crippen molar-refractivity contribution in [1.82, 2.24) is 14.7 Å². The lowest BCUT2D eigenvalue weighted by Gasteiger charge is -2.09. The molecule has 0 radical (unpaired) electrons. The van der Waals surface area contributed by atoms with Crippen LogP contribution in [0.3, 0.4) is 0 Å². The van der Waals surface area contributed by atoms with E-state index >= 15 is 0 Å². The first-order valence-electron chi connectivity index (χ1n) is 7.53. The highest BCUT2D eigenvalue weighted by Crippen LogP contribution is 2.24. The normalized spacial score (nSPS) is 11.2. The molecule has 0 atom stereocenters. The van der Waals surface area contributed by atoms with Crippen molar-refractivity contribution in [1.29, 1.82) is 0 Å². The zero-order chi connectivity index (χ0) is 20.0. The summed E-state index contributed by atoms with van der Waals surface area (Å²) in [6, 6.07) is 5.10. The molecule has 1 aromatic carbocycles. The van der Waals surface area contributed by atoms with Gasteiger partial charge in [0.1, 0.15) is 6.20 Å². The molecule has 2 aromatic rings. The van der Waals surface area contributed by atoms with Crippen molar-refractivity contribution in [3.8, 4) is 0 Å². The summed E-state index contributed by atoms with van der Waals surface area (Å²) in [4.78, 5) is 18.5. The summed E-state index contributed by atoms with van der Waals surface area (Å²) < 4.78 is 24.3. The van der Waals surface area contributed by atoms with Gasteiger partial charge in [0.05, 0.1) is 21.2 Å². The summed E-state index contributed by atoms with van der Waals surface area (Å²) in [6.07, 6.45) is 2.09. The Labute approximate surface area is 165 Å². The summed E-state index contributed by atoms with van der Waals surface area (Å²) in [5.41, 5.74) is 0.493. The van der Waals surface area contributed by atoms with E-state index in [9.17, 15) is 18.5 Å². The Morgan fingerprint density at radius 1 is 1.19 bits per heavy atom. The lowest BCUT2D eigenvalue weighted by atomic mass is 10.2. The average Bonchev–Trinajstić information content (AvgIpc) is 2.59. The van der Waals surface area contributed by atoms with Crippen LogP contribution in [-0.4, -0.2) is 42.7 Å². The van der Waals surface area contributed by atoms with Crippen molar-refractivity contribution in [2.75, 3.05) is 30.0 Å². The van der Waals surface area contributed by atoms with Crippen molar-refractivity contribution in [3.05, 3.63) is 50.1 Å². The molecule has 146 valence electrons. The molecule has 0 aliphatic carbocycles. The first-order valence-corrected chi connectivity index (χ1v) is 10.2. The molecule has 0 amide bonds. The van der Waals surface area contributed by atoms with Crippen molar-refractivity contribution < 1.29 is 13.3 Å². The summed E-state index contributed by atoms with van der Waals surface area (Å²) in [5.74, 6) is 0.132. The molecule has 0 aliphatic heterocycles. The van der Waals surface area contributed by atoms with Crippen LogP contribution in [0, 0.1) is 10.1 Å². The Hall–Kier alpha value is -2.21. The number of anilines is 2. The third-order valence-corrected chi connectivity index (χ3v) is 4.65. The molecule has 0 bridgehead atoms. The molecule has 0 unspecified atom stereocenters. The van der Waals surface area contributed by atoms with Crippen LogP contribution in [0.25, 0.3) is 0 Å². The molecule has 0 saturated heterocycles. The van der Waals surface area contributed by atoms with Crippen molar-refractivity contribution >= 4 is 50.7 Å². The number of sulfonamides is 1. The van der Waals surface area contributed by atoms with Crippen LogP contribution in [-0.2, 0) is 16.6 Å². The van der Waals surface area contributed by atoms with Gasteiger partial charge in [-0.05, 0) is 17.7 Å². The second-order valence-electron chi connectivity index (χ2n) is 5.38. The molecular weight excluding hydrogens is 419 g/mol. The number of nitro groups is 1. The maximum Gasteiger partial charge on any atom is 0.329 e. The lowest BCUT2D eigenvalue weighted by molar-refractivity contribution is -0.384. The van der Waals surface area contributed by atoms with Gasteiger partial charge < -0.3 is 10.6 Å². The van der Waals surface area contributed by atoms with E-state index in [1.165, 1.54) is 0 Å². The van der Waals surface area contributed by atoms with Gasteiger partial charge in [-0.2, -0.15) is 4.98 Å². The van der Waals surface area contributed by atoms with Gasteiger partial charge in [0, 0.05) is 19.6 Å². The van der Waals surface area contributed by atoms with E-state index in [1.54, 1.807) is 18.2 Å². The summed E-state index contributed by atoms with van der Waals surface area (Å²) in [6.45, 7) is 0.479. The number of aromatic nitrogens is 2. The third-order valence-electron chi connectivity index (χ3n) is 3.18. The molecular formula is C14H16Cl2N6O4S. The monoisotopic (exact) mass is 434 g/mol. The van der Waals surface area contributed by atoms with Crippen LogP contribution in [0.2, 0.25) is 10.0 Å². The van der Waals surface area contributed by atoms with E-state index in [-0.39, 0.29) is 30.5 Å². The number of hydrogen-bond donors (Lipinski definition) is 3. The van der Waals surface area contributed by atoms with Gasteiger partial charge >= 0.3 is 5.69 Å². The fraction of sp³-hybridized carbons (Fsp3) is 0.286. The van der Waals surface area contributed by atoms with Crippen LogP contribution < -0.4 is 15.4 Å². The van der Waals surface area contributed by atoms with E-state index < -0.39 is 14.9 Å². The summed E-state index contributed by atoms with van der Waals surface area (Å²) in [7, 11) is -3.35. The van der Waals surface area contributed by atoms with E-state index in [0.717, 1.165) is 18.0 Å². The van der Waals surface area contributed by atoms with E-state index in [1.807, 2.05) is 0 Å². The first-order chi connectivity index (χ1) is 12.7. The standard InChI is InChI=1S/C14H16Cl2N6O4S/c1-27(25,26)20-5-4-17-13-12(22(23)24)8-19-14(21-13)18-7-9-2-3-10(15)11(16)6-9/h2-3,6,8,20H,4-5,7H2,1H3,(H2,17,18,19,21). The van der Waals surface area contributed by atoms with E-state index in [0.29, 0.717) is 16.6 Å². The smallest absolute Gasteiger partial charge is 0.329 e.